The fourth-order valence-electron chi connectivity index (χ4n) is 1.82. The molecule has 0 atom stereocenters. The molecule has 2 aromatic rings. The van der Waals surface area contributed by atoms with Crippen molar-refractivity contribution in [3.63, 3.8) is 0 Å². The van der Waals surface area contributed by atoms with Gasteiger partial charge in [-0.3, -0.25) is 4.98 Å². The topological polar surface area (TPSA) is 44.2 Å². The van der Waals surface area contributed by atoms with Gasteiger partial charge in [0.1, 0.15) is 0 Å². The van der Waals surface area contributed by atoms with Crippen LogP contribution < -0.4 is 9.47 Å². The Kier molecular flexibility index (Phi) is 4.00. The van der Waals surface area contributed by atoms with Gasteiger partial charge in [0, 0.05) is 29.1 Å². The minimum atomic E-state index is 0.421. The summed E-state index contributed by atoms with van der Waals surface area (Å²) in [6.45, 7) is 4.25. The summed E-state index contributed by atoms with van der Waals surface area (Å²) in [7, 11) is 3.18. The number of nitrogens with zero attached hydrogens (tertiary/aromatic N) is 2. The number of pyridine rings is 2. The van der Waals surface area contributed by atoms with Gasteiger partial charge < -0.3 is 9.47 Å². The average molecular weight is 258 g/mol. The number of hydrogen-bond acceptors (Lipinski definition) is 4. The molecule has 2 heterocycles. The number of methoxy groups -OCH3 is 2. The monoisotopic (exact) mass is 258 g/mol. The van der Waals surface area contributed by atoms with Gasteiger partial charge in [-0.2, -0.15) is 4.98 Å². The summed E-state index contributed by atoms with van der Waals surface area (Å²) in [6, 6.07) is 7.81. The molecule has 0 saturated heterocycles. The van der Waals surface area contributed by atoms with E-state index in [1.54, 1.807) is 14.2 Å². The Bertz CT molecular complexity index is 551. The molecule has 0 amide bonds. The molecule has 2 rings (SSSR count). The smallest absolute Gasteiger partial charge is 0.224 e. The molecule has 0 aliphatic carbocycles. The lowest BCUT2D eigenvalue weighted by Crippen LogP contribution is -1.96. The summed E-state index contributed by atoms with van der Waals surface area (Å²) >= 11 is 0. The molecule has 0 radical (unpaired) electrons. The summed E-state index contributed by atoms with van der Waals surface area (Å²) in [6.07, 6.45) is 1.85. The van der Waals surface area contributed by atoms with E-state index in [4.69, 9.17) is 9.47 Å². The third kappa shape index (κ3) is 2.84. The summed E-state index contributed by atoms with van der Waals surface area (Å²) in [5.74, 6) is 1.50. The number of aromatic nitrogens is 2. The molecule has 0 N–H and O–H groups in total. The van der Waals surface area contributed by atoms with Crippen LogP contribution in [0, 0.1) is 0 Å². The molecule has 2 aromatic heterocycles. The fraction of sp³-hybridized carbons (Fsp3) is 0.333. The summed E-state index contributed by atoms with van der Waals surface area (Å²) in [4.78, 5) is 8.73. The first-order chi connectivity index (χ1) is 9.15. The van der Waals surface area contributed by atoms with Gasteiger partial charge in [0.05, 0.1) is 14.2 Å². The molecule has 0 aliphatic rings. The highest BCUT2D eigenvalue weighted by Crippen LogP contribution is 2.30. The molecule has 0 aromatic carbocycles. The van der Waals surface area contributed by atoms with E-state index in [-0.39, 0.29) is 0 Å². The highest BCUT2D eigenvalue weighted by molar-refractivity contribution is 5.68. The lowest BCUT2D eigenvalue weighted by molar-refractivity contribution is 0.366. The van der Waals surface area contributed by atoms with Gasteiger partial charge in [0.25, 0.3) is 0 Å². The standard InChI is InChI=1S/C15H18N2O2/c1-10(2)13-7-5-11(9-16-13)12-6-8-14(18-3)17-15(12)19-4/h5-10H,1-4H3. The zero-order chi connectivity index (χ0) is 13.8. The van der Waals surface area contributed by atoms with Crippen LogP contribution in [0.2, 0.25) is 0 Å². The predicted octanol–water partition coefficient (Wildman–Crippen LogP) is 3.28. The van der Waals surface area contributed by atoms with E-state index in [1.807, 2.05) is 30.5 Å². The van der Waals surface area contributed by atoms with Crippen LogP contribution in [0.15, 0.2) is 30.5 Å². The van der Waals surface area contributed by atoms with Crippen LogP contribution in [0.4, 0.5) is 0 Å². The Morgan fingerprint density at radius 1 is 1.00 bits per heavy atom. The average Bonchev–Trinajstić information content (AvgIpc) is 2.46. The Morgan fingerprint density at radius 3 is 2.32 bits per heavy atom. The van der Waals surface area contributed by atoms with E-state index in [1.165, 1.54) is 0 Å². The van der Waals surface area contributed by atoms with Crippen molar-refractivity contribution in [2.45, 2.75) is 19.8 Å². The molecule has 0 saturated carbocycles. The maximum atomic E-state index is 5.30. The molecule has 0 fully saturated rings. The van der Waals surface area contributed by atoms with Crippen molar-refractivity contribution in [2.75, 3.05) is 14.2 Å². The first-order valence-electron chi connectivity index (χ1n) is 6.21. The van der Waals surface area contributed by atoms with Crippen LogP contribution in [0.3, 0.4) is 0 Å². The van der Waals surface area contributed by atoms with E-state index in [2.05, 4.69) is 23.8 Å². The SMILES string of the molecule is COc1ccc(-c2ccc(C(C)C)nc2)c(OC)n1. The van der Waals surface area contributed by atoms with Crippen LogP contribution in [-0.4, -0.2) is 24.2 Å². The minimum absolute atomic E-state index is 0.421. The maximum absolute atomic E-state index is 5.30. The van der Waals surface area contributed by atoms with Crippen molar-refractivity contribution < 1.29 is 9.47 Å². The van der Waals surface area contributed by atoms with Crippen molar-refractivity contribution in [3.8, 4) is 22.9 Å². The van der Waals surface area contributed by atoms with Crippen LogP contribution in [0.25, 0.3) is 11.1 Å². The molecular formula is C15H18N2O2. The molecular weight excluding hydrogens is 240 g/mol. The van der Waals surface area contributed by atoms with Gasteiger partial charge in [0.2, 0.25) is 11.8 Å². The van der Waals surface area contributed by atoms with E-state index in [9.17, 15) is 0 Å². The lowest BCUT2D eigenvalue weighted by Gasteiger charge is -2.10. The highest BCUT2D eigenvalue weighted by atomic mass is 16.5. The molecule has 0 spiro atoms. The number of ether oxygens (including phenoxy) is 2. The summed E-state index contributed by atoms with van der Waals surface area (Å²) in [5, 5.41) is 0. The normalized spacial score (nSPS) is 10.6. The largest absolute Gasteiger partial charge is 0.481 e. The lowest BCUT2D eigenvalue weighted by atomic mass is 10.1. The summed E-state index contributed by atoms with van der Waals surface area (Å²) < 4.78 is 10.4. The fourth-order valence-corrected chi connectivity index (χ4v) is 1.82. The van der Waals surface area contributed by atoms with E-state index in [0.29, 0.717) is 17.7 Å². The maximum Gasteiger partial charge on any atom is 0.224 e. The van der Waals surface area contributed by atoms with Gasteiger partial charge in [0.15, 0.2) is 0 Å². The molecule has 0 bridgehead atoms. The van der Waals surface area contributed by atoms with Crippen LogP contribution in [-0.2, 0) is 0 Å². The third-order valence-corrected chi connectivity index (χ3v) is 2.93. The Hall–Kier alpha value is -2.10. The Labute approximate surface area is 113 Å². The second kappa shape index (κ2) is 5.69. The molecule has 19 heavy (non-hydrogen) atoms. The highest BCUT2D eigenvalue weighted by Gasteiger charge is 2.10. The second-order valence-corrected chi connectivity index (χ2v) is 4.54. The van der Waals surface area contributed by atoms with Crippen molar-refractivity contribution in [1.29, 1.82) is 0 Å². The third-order valence-electron chi connectivity index (χ3n) is 2.93. The molecule has 0 aliphatic heterocycles. The van der Waals surface area contributed by atoms with Gasteiger partial charge >= 0.3 is 0 Å². The summed E-state index contributed by atoms with van der Waals surface area (Å²) in [5.41, 5.74) is 2.96. The Balaban J connectivity index is 2.40. The number of hydrogen-bond donors (Lipinski definition) is 0. The van der Waals surface area contributed by atoms with Gasteiger partial charge in [-0.1, -0.05) is 19.9 Å². The molecule has 100 valence electrons. The van der Waals surface area contributed by atoms with Crippen molar-refractivity contribution in [2.24, 2.45) is 0 Å². The quantitative estimate of drug-likeness (QED) is 0.844. The predicted molar refractivity (Wildman–Crippen MR) is 74.7 cm³/mol. The molecule has 0 unspecified atom stereocenters. The van der Waals surface area contributed by atoms with Crippen LogP contribution in [0.5, 0.6) is 11.8 Å². The van der Waals surface area contributed by atoms with Gasteiger partial charge in [-0.25, -0.2) is 0 Å². The van der Waals surface area contributed by atoms with Crippen molar-refractivity contribution in [3.05, 3.63) is 36.2 Å². The van der Waals surface area contributed by atoms with Crippen LogP contribution in [0.1, 0.15) is 25.5 Å². The van der Waals surface area contributed by atoms with Crippen molar-refractivity contribution in [1.82, 2.24) is 9.97 Å². The van der Waals surface area contributed by atoms with E-state index >= 15 is 0 Å². The molecule has 4 nitrogen and oxygen atoms in total. The van der Waals surface area contributed by atoms with Gasteiger partial charge in [-0.15, -0.1) is 0 Å². The molecule has 4 heteroatoms. The first-order valence-corrected chi connectivity index (χ1v) is 6.21. The zero-order valence-corrected chi connectivity index (χ0v) is 11.7. The van der Waals surface area contributed by atoms with Crippen molar-refractivity contribution >= 4 is 0 Å². The first kappa shape index (κ1) is 13.3. The van der Waals surface area contributed by atoms with Gasteiger partial charge in [-0.05, 0) is 18.1 Å². The second-order valence-electron chi connectivity index (χ2n) is 4.54. The van der Waals surface area contributed by atoms with E-state index < -0.39 is 0 Å². The van der Waals surface area contributed by atoms with Crippen LogP contribution >= 0.6 is 0 Å². The minimum Gasteiger partial charge on any atom is -0.481 e. The number of rotatable bonds is 4. The zero-order valence-electron chi connectivity index (χ0n) is 11.7. The Morgan fingerprint density at radius 2 is 1.79 bits per heavy atom. The van der Waals surface area contributed by atoms with E-state index in [0.717, 1.165) is 16.8 Å².